The van der Waals surface area contributed by atoms with Crippen molar-refractivity contribution >= 4 is 0 Å². The molecule has 0 aliphatic heterocycles. The summed E-state index contributed by atoms with van der Waals surface area (Å²) in [5, 5.41) is 17.1. The monoisotopic (exact) mass is 344 g/mol. The van der Waals surface area contributed by atoms with E-state index in [4.69, 9.17) is 29.5 Å². The Morgan fingerprint density at radius 2 is 0.808 bits per heavy atom. The van der Waals surface area contributed by atoms with E-state index in [9.17, 15) is 0 Å². The maximum Gasteiger partial charge on any atom is 0.292 e. The molecule has 0 heterocycles. The molecule has 0 N–H and O–H groups in total. The van der Waals surface area contributed by atoms with E-state index in [1.54, 1.807) is 85.3 Å². The average molecular weight is 344 g/mol. The van der Waals surface area contributed by atoms with Gasteiger partial charge in [0.2, 0.25) is 0 Å². The number of hydrogen-bond acceptors (Lipinski definition) is 6. The molecule has 0 bridgehead atoms. The van der Waals surface area contributed by atoms with Gasteiger partial charge in [0, 0.05) is 18.2 Å². The van der Waals surface area contributed by atoms with Crippen molar-refractivity contribution in [3.05, 3.63) is 72.8 Å². The zero-order chi connectivity index (χ0) is 18.2. The number of nitriles is 2. The second kappa shape index (κ2) is 8.09. The van der Waals surface area contributed by atoms with Gasteiger partial charge in [-0.3, -0.25) is 0 Å². The summed E-state index contributed by atoms with van der Waals surface area (Å²) in [5.41, 5.74) is 0. The molecular weight excluding hydrogens is 332 g/mol. The highest BCUT2D eigenvalue weighted by Crippen LogP contribution is 2.30. The number of hydrogen-bond donors (Lipinski definition) is 0. The summed E-state index contributed by atoms with van der Waals surface area (Å²) in [6.07, 6.45) is 3.24. The van der Waals surface area contributed by atoms with Crippen LogP contribution in [0, 0.1) is 23.0 Å². The van der Waals surface area contributed by atoms with Crippen molar-refractivity contribution in [1.82, 2.24) is 0 Å². The van der Waals surface area contributed by atoms with Crippen molar-refractivity contribution in [1.29, 1.82) is 10.5 Å². The lowest BCUT2D eigenvalue weighted by Crippen LogP contribution is -1.89. The third-order valence-electron chi connectivity index (χ3n) is 3.21. The third kappa shape index (κ3) is 4.44. The van der Waals surface area contributed by atoms with Gasteiger partial charge in [-0.25, -0.2) is 0 Å². The van der Waals surface area contributed by atoms with Crippen LogP contribution in [-0.4, -0.2) is 0 Å². The van der Waals surface area contributed by atoms with Crippen LogP contribution >= 0.6 is 0 Å². The van der Waals surface area contributed by atoms with E-state index in [1.165, 1.54) is 0 Å². The van der Waals surface area contributed by atoms with Crippen LogP contribution in [0.3, 0.4) is 0 Å². The van der Waals surface area contributed by atoms with E-state index >= 15 is 0 Å². The van der Waals surface area contributed by atoms with Crippen LogP contribution in [-0.2, 0) is 0 Å². The third-order valence-corrected chi connectivity index (χ3v) is 3.21. The number of benzene rings is 3. The lowest BCUT2D eigenvalue weighted by molar-refractivity contribution is 0.452. The molecule has 0 amide bonds. The highest BCUT2D eigenvalue weighted by Gasteiger charge is 2.04. The quantitative estimate of drug-likeness (QED) is 0.586. The van der Waals surface area contributed by atoms with Gasteiger partial charge in [0.05, 0.1) is 0 Å². The van der Waals surface area contributed by atoms with Gasteiger partial charge < -0.3 is 18.9 Å². The summed E-state index contributed by atoms with van der Waals surface area (Å²) in [6, 6.07) is 20.6. The Kier molecular flexibility index (Phi) is 5.19. The van der Waals surface area contributed by atoms with Crippen molar-refractivity contribution in [2.24, 2.45) is 0 Å². The van der Waals surface area contributed by atoms with Crippen molar-refractivity contribution in [2.45, 2.75) is 0 Å². The molecule has 0 aromatic heterocycles. The number of rotatable bonds is 6. The van der Waals surface area contributed by atoms with Crippen LogP contribution < -0.4 is 18.9 Å². The first-order valence-electron chi connectivity index (χ1n) is 7.54. The Hall–Kier alpha value is -4.16. The fourth-order valence-electron chi connectivity index (χ4n) is 2.18. The molecule has 0 spiro atoms. The Bertz CT molecular complexity index is 913. The van der Waals surface area contributed by atoms with Crippen molar-refractivity contribution in [2.75, 3.05) is 0 Å². The van der Waals surface area contributed by atoms with Crippen LogP contribution in [0.5, 0.6) is 34.5 Å². The van der Waals surface area contributed by atoms with Gasteiger partial charge in [-0.1, -0.05) is 18.2 Å². The maximum atomic E-state index is 8.57. The second-order valence-electron chi connectivity index (χ2n) is 5.02. The van der Waals surface area contributed by atoms with E-state index in [-0.39, 0.29) is 0 Å². The lowest BCUT2D eigenvalue weighted by Gasteiger charge is -2.10. The molecule has 0 saturated carbocycles. The van der Waals surface area contributed by atoms with E-state index < -0.39 is 0 Å². The second-order valence-corrected chi connectivity index (χ2v) is 5.02. The standard InChI is InChI=1S/C20H12N2O4/c21-13-23-15-4-1-6-17(10-15)25-19-8-3-9-20(12-19)26-18-7-2-5-16(11-18)24-14-22/h1-12H. The van der Waals surface area contributed by atoms with Crippen LogP contribution in [0.25, 0.3) is 0 Å². The minimum Gasteiger partial charge on any atom is -0.457 e. The fraction of sp³-hybridized carbons (Fsp3) is 0. The zero-order valence-electron chi connectivity index (χ0n) is 13.5. The Morgan fingerprint density at radius 1 is 0.500 bits per heavy atom. The van der Waals surface area contributed by atoms with Crippen molar-refractivity contribution in [3.63, 3.8) is 0 Å². The SMILES string of the molecule is N#COc1cccc(Oc2cccc(Oc3cccc(OC#N)c3)c2)c1. The summed E-state index contributed by atoms with van der Waals surface area (Å²) in [6.45, 7) is 0. The molecule has 3 aromatic rings. The molecule has 0 aliphatic rings. The smallest absolute Gasteiger partial charge is 0.292 e. The van der Waals surface area contributed by atoms with Crippen molar-refractivity contribution in [3.8, 4) is 47.0 Å². The van der Waals surface area contributed by atoms with Gasteiger partial charge in [0.1, 0.15) is 34.5 Å². The topological polar surface area (TPSA) is 84.5 Å². The molecular formula is C20H12N2O4. The van der Waals surface area contributed by atoms with Crippen LogP contribution in [0.1, 0.15) is 0 Å². The summed E-state index contributed by atoms with van der Waals surface area (Å²) in [4.78, 5) is 0. The molecule has 0 fully saturated rings. The molecule has 3 rings (SSSR count). The first-order valence-corrected chi connectivity index (χ1v) is 7.54. The van der Waals surface area contributed by atoms with Gasteiger partial charge in [0.15, 0.2) is 0 Å². The molecule has 126 valence electrons. The highest BCUT2D eigenvalue weighted by molar-refractivity contribution is 5.42. The summed E-state index contributed by atoms with van der Waals surface area (Å²) >= 11 is 0. The van der Waals surface area contributed by atoms with Gasteiger partial charge in [-0.05, 0) is 36.4 Å². The Labute approximate surface area is 150 Å². The Balaban J connectivity index is 1.74. The van der Waals surface area contributed by atoms with Crippen LogP contribution in [0.4, 0.5) is 0 Å². The molecule has 6 heteroatoms. The Morgan fingerprint density at radius 3 is 1.15 bits per heavy atom. The van der Waals surface area contributed by atoms with E-state index in [0.29, 0.717) is 34.5 Å². The molecule has 0 saturated heterocycles. The average Bonchev–Trinajstić information content (AvgIpc) is 2.63. The minimum atomic E-state index is 0.395. The van der Waals surface area contributed by atoms with Gasteiger partial charge in [-0.15, -0.1) is 10.5 Å². The maximum absolute atomic E-state index is 8.57. The normalized spacial score (nSPS) is 9.46. The predicted molar refractivity (Wildman–Crippen MR) is 92.0 cm³/mol. The van der Waals surface area contributed by atoms with Gasteiger partial charge in [-0.2, -0.15) is 0 Å². The van der Waals surface area contributed by atoms with E-state index in [1.807, 2.05) is 0 Å². The van der Waals surface area contributed by atoms with Crippen LogP contribution in [0.2, 0.25) is 0 Å². The first kappa shape index (κ1) is 16.7. The van der Waals surface area contributed by atoms with E-state index in [2.05, 4.69) is 0 Å². The molecule has 6 nitrogen and oxygen atoms in total. The lowest BCUT2D eigenvalue weighted by atomic mass is 10.3. The van der Waals surface area contributed by atoms with E-state index in [0.717, 1.165) is 0 Å². The van der Waals surface area contributed by atoms with Crippen LogP contribution in [0.15, 0.2) is 72.8 Å². The summed E-state index contributed by atoms with van der Waals surface area (Å²) in [7, 11) is 0. The molecule has 0 aliphatic carbocycles. The molecule has 0 radical (unpaired) electrons. The first-order chi connectivity index (χ1) is 12.8. The van der Waals surface area contributed by atoms with Crippen molar-refractivity contribution < 1.29 is 18.9 Å². The predicted octanol–water partition coefficient (Wildman–Crippen LogP) is 4.99. The number of nitrogens with zero attached hydrogens (tertiary/aromatic N) is 2. The summed E-state index contributed by atoms with van der Waals surface area (Å²) < 4.78 is 21.1. The van der Waals surface area contributed by atoms with Gasteiger partial charge in [0.25, 0.3) is 12.5 Å². The number of ether oxygens (including phenoxy) is 4. The molecule has 3 aromatic carbocycles. The van der Waals surface area contributed by atoms with Gasteiger partial charge >= 0.3 is 0 Å². The molecule has 26 heavy (non-hydrogen) atoms. The minimum absolute atomic E-state index is 0.395. The highest BCUT2D eigenvalue weighted by atomic mass is 16.5. The summed E-state index contributed by atoms with van der Waals surface area (Å²) in [5.74, 6) is 2.96. The fourth-order valence-corrected chi connectivity index (χ4v) is 2.18. The largest absolute Gasteiger partial charge is 0.457 e. The molecule has 0 atom stereocenters. The molecule has 0 unspecified atom stereocenters. The zero-order valence-corrected chi connectivity index (χ0v) is 13.5.